The predicted molar refractivity (Wildman–Crippen MR) is 91.9 cm³/mol. The van der Waals surface area contributed by atoms with Crippen molar-refractivity contribution in [3.8, 4) is 0 Å². The van der Waals surface area contributed by atoms with E-state index < -0.39 is 0 Å². The first-order chi connectivity index (χ1) is 10.3. The van der Waals surface area contributed by atoms with E-state index in [1.54, 1.807) is 11.3 Å². The van der Waals surface area contributed by atoms with Crippen LogP contribution < -0.4 is 11.1 Å². The Hall–Kier alpha value is -0.940. The van der Waals surface area contributed by atoms with Gasteiger partial charge in [-0.3, -0.25) is 4.79 Å². The van der Waals surface area contributed by atoms with Gasteiger partial charge in [-0.1, -0.05) is 40.0 Å². The summed E-state index contributed by atoms with van der Waals surface area (Å²) >= 11 is 1.62. The molecule has 0 unspecified atom stereocenters. The van der Waals surface area contributed by atoms with Crippen LogP contribution in [-0.2, 0) is 16.8 Å². The first kappa shape index (κ1) is 17.4. The molecule has 5 heteroatoms. The van der Waals surface area contributed by atoms with Gasteiger partial charge in [0.1, 0.15) is 5.01 Å². The Morgan fingerprint density at radius 1 is 1.36 bits per heavy atom. The highest BCUT2D eigenvalue weighted by atomic mass is 32.1. The maximum atomic E-state index is 12.3. The topological polar surface area (TPSA) is 68.0 Å². The average Bonchev–Trinajstić information content (AvgIpc) is 2.95. The van der Waals surface area contributed by atoms with E-state index in [-0.39, 0.29) is 16.7 Å². The summed E-state index contributed by atoms with van der Waals surface area (Å²) in [6.45, 7) is 7.60. The summed E-state index contributed by atoms with van der Waals surface area (Å²) < 4.78 is 0. The van der Waals surface area contributed by atoms with Crippen molar-refractivity contribution in [2.24, 2.45) is 11.1 Å². The Bertz CT molecular complexity index is 498. The van der Waals surface area contributed by atoms with E-state index in [1.807, 2.05) is 0 Å². The highest BCUT2D eigenvalue weighted by Crippen LogP contribution is 2.38. The highest BCUT2D eigenvalue weighted by molar-refractivity contribution is 7.09. The van der Waals surface area contributed by atoms with Crippen LogP contribution in [0.5, 0.6) is 0 Å². The number of hydrogen-bond donors (Lipinski definition) is 2. The number of carbonyl (C=O) groups excluding carboxylic acids is 1. The third-order valence-corrected chi connectivity index (χ3v) is 5.49. The maximum Gasteiger partial charge on any atom is 0.220 e. The summed E-state index contributed by atoms with van der Waals surface area (Å²) in [5.41, 5.74) is 7.13. The van der Waals surface area contributed by atoms with E-state index in [0.717, 1.165) is 23.5 Å². The van der Waals surface area contributed by atoms with Gasteiger partial charge in [0.2, 0.25) is 5.91 Å². The Kier molecular flexibility index (Phi) is 5.61. The minimum absolute atomic E-state index is 0.0295. The van der Waals surface area contributed by atoms with Gasteiger partial charge < -0.3 is 11.1 Å². The first-order valence-electron chi connectivity index (χ1n) is 8.26. The molecule has 4 nitrogen and oxygen atoms in total. The van der Waals surface area contributed by atoms with Gasteiger partial charge >= 0.3 is 0 Å². The first-order valence-corrected chi connectivity index (χ1v) is 9.14. The zero-order valence-corrected chi connectivity index (χ0v) is 14.9. The Balaban J connectivity index is 1.86. The molecule has 1 heterocycles. The van der Waals surface area contributed by atoms with Crippen LogP contribution >= 0.6 is 11.3 Å². The fourth-order valence-electron chi connectivity index (χ4n) is 3.07. The number of amides is 1. The number of carbonyl (C=O) groups is 1. The molecule has 1 fully saturated rings. The Labute approximate surface area is 137 Å². The quantitative estimate of drug-likeness (QED) is 0.873. The fourth-order valence-corrected chi connectivity index (χ4v) is 4.03. The van der Waals surface area contributed by atoms with E-state index in [4.69, 9.17) is 5.73 Å². The molecule has 0 bridgehead atoms. The molecule has 0 aromatic carbocycles. The molecule has 22 heavy (non-hydrogen) atoms. The van der Waals surface area contributed by atoms with Gasteiger partial charge in [0.15, 0.2) is 0 Å². The minimum atomic E-state index is 0.0295. The summed E-state index contributed by atoms with van der Waals surface area (Å²) in [4.78, 5) is 16.9. The van der Waals surface area contributed by atoms with Crippen LogP contribution in [0.3, 0.4) is 0 Å². The standard InChI is InChI=1S/C17H29N3OS/c1-16(2,3)13-11-22-15(20-13)10-19-14(21)9-17(12-18)7-5-4-6-8-17/h11H,4-10,12,18H2,1-3H3,(H,19,21). The van der Waals surface area contributed by atoms with Crippen LogP contribution in [0.1, 0.15) is 70.0 Å². The predicted octanol–water partition coefficient (Wildman–Crippen LogP) is 3.36. The summed E-state index contributed by atoms with van der Waals surface area (Å²) in [5.74, 6) is 0.111. The third-order valence-electron chi connectivity index (χ3n) is 4.64. The molecule has 0 saturated heterocycles. The molecule has 0 aliphatic heterocycles. The highest BCUT2D eigenvalue weighted by Gasteiger charge is 2.32. The zero-order chi connectivity index (χ0) is 16.2. The van der Waals surface area contributed by atoms with Gasteiger partial charge in [0, 0.05) is 17.2 Å². The van der Waals surface area contributed by atoms with E-state index in [2.05, 4.69) is 36.5 Å². The van der Waals surface area contributed by atoms with Crippen molar-refractivity contribution in [3.05, 3.63) is 16.1 Å². The Morgan fingerprint density at radius 3 is 2.59 bits per heavy atom. The van der Waals surface area contributed by atoms with Gasteiger partial charge in [0.05, 0.1) is 12.2 Å². The summed E-state index contributed by atoms with van der Waals surface area (Å²) in [6, 6.07) is 0. The molecular weight excluding hydrogens is 294 g/mol. The van der Waals surface area contributed by atoms with Gasteiger partial charge in [-0.25, -0.2) is 4.98 Å². The molecule has 1 amide bonds. The molecule has 0 atom stereocenters. The van der Waals surface area contributed by atoms with Crippen molar-refractivity contribution in [3.63, 3.8) is 0 Å². The summed E-state index contributed by atoms with van der Waals surface area (Å²) in [7, 11) is 0. The van der Waals surface area contributed by atoms with Crippen molar-refractivity contribution in [1.29, 1.82) is 0 Å². The summed E-state index contributed by atoms with van der Waals surface area (Å²) in [5, 5.41) is 6.09. The van der Waals surface area contributed by atoms with Crippen LogP contribution in [0.4, 0.5) is 0 Å². The van der Waals surface area contributed by atoms with Gasteiger partial charge in [-0.15, -0.1) is 11.3 Å². The zero-order valence-electron chi connectivity index (χ0n) is 14.1. The van der Waals surface area contributed by atoms with Crippen molar-refractivity contribution < 1.29 is 4.79 Å². The number of nitrogens with two attached hydrogens (primary N) is 1. The number of thiazole rings is 1. The third kappa shape index (κ3) is 4.53. The molecule has 0 radical (unpaired) electrons. The summed E-state index contributed by atoms with van der Waals surface area (Å²) in [6.07, 6.45) is 6.40. The largest absolute Gasteiger partial charge is 0.350 e. The van der Waals surface area contributed by atoms with Crippen molar-refractivity contribution >= 4 is 17.2 Å². The van der Waals surface area contributed by atoms with Gasteiger partial charge in [0.25, 0.3) is 0 Å². The molecule has 1 aliphatic rings. The number of nitrogens with one attached hydrogen (secondary N) is 1. The number of nitrogens with zero attached hydrogens (tertiary/aromatic N) is 1. The lowest BCUT2D eigenvalue weighted by molar-refractivity contribution is -0.124. The number of aromatic nitrogens is 1. The lowest BCUT2D eigenvalue weighted by Crippen LogP contribution is -2.38. The van der Waals surface area contributed by atoms with Crippen LogP contribution in [0.2, 0.25) is 0 Å². The van der Waals surface area contributed by atoms with E-state index >= 15 is 0 Å². The molecule has 1 aromatic rings. The van der Waals surface area contributed by atoms with Crippen LogP contribution in [0, 0.1) is 5.41 Å². The second-order valence-electron chi connectivity index (χ2n) is 7.59. The molecule has 2 rings (SSSR count). The van der Waals surface area contributed by atoms with Crippen LogP contribution in [0.25, 0.3) is 0 Å². The van der Waals surface area contributed by atoms with Gasteiger partial charge in [-0.05, 0) is 24.8 Å². The average molecular weight is 324 g/mol. The van der Waals surface area contributed by atoms with Crippen LogP contribution in [-0.4, -0.2) is 17.4 Å². The monoisotopic (exact) mass is 323 g/mol. The lowest BCUT2D eigenvalue weighted by atomic mass is 9.72. The second-order valence-corrected chi connectivity index (χ2v) is 8.54. The molecular formula is C17H29N3OS. The molecule has 1 saturated carbocycles. The lowest BCUT2D eigenvalue weighted by Gasteiger charge is -2.35. The SMILES string of the molecule is CC(C)(C)c1csc(CNC(=O)CC2(CN)CCCCC2)n1. The smallest absolute Gasteiger partial charge is 0.220 e. The molecule has 3 N–H and O–H groups in total. The van der Waals surface area contributed by atoms with E-state index in [9.17, 15) is 4.79 Å². The minimum Gasteiger partial charge on any atom is -0.350 e. The maximum absolute atomic E-state index is 12.3. The molecule has 124 valence electrons. The number of hydrogen-bond acceptors (Lipinski definition) is 4. The van der Waals surface area contributed by atoms with Crippen molar-refractivity contribution in [2.45, 2.75) is 71.3 Å². The second kappa shape index (κ2) is 7.09. The van der Waals surface area contributed by atoms with E-state index in [0.29, 0.717) is 19.5 Å². The number of rotatable bonds is 5. The molecule has 0 spiro atoms. The van der Waals surface area contributed by atoms with Crippen LogP contribution in [0.15, 0.2) is 5.38 Å². The normalized spacial score (nSPS) is 18.2. The Morgan fingerprint density at radius 2 is 2.05 bits per heavy atom. The van der Waals surface area contributed by atoms with Crippen molar-refractivity contribution in [2.75, 3.05) is 6.54 Å². The fraction of sp³-hybridized carbons (Fsp3) is 0.765. The van der Waals surface area contributed by atoms with E-state index in [1.165, 1.54) is 19.3 Å². The molecule has 1 aliphatic carbocycles. The molecule has 1 aromatic heterocycles. The van der Waals surface area contributed by atoms with Gasteiger partial charge in [-0.2, -0.15) is 0 Å². The van der Waals surface area contributed by atoms with Crippen molar-refractivity contribution in [1.82, 2.24) is 10.3 Å².